The van der Waals surface area contributed by atoms with Crippen LogP contribution in [0.2, 0.25) is 0 Å². The molecule has 1 atom stereocenters. The lowest BCUT2D eigenvalue weighted by Gasteiger charge is -2.28. The molecule has 4 nitrogen and oxygen atoms in total. The van der Waals surface area contributed by atoms with E-state index in [9.17, 15) is 5.11 Å². The van der Waals surface area contributed by atoms with Crippen LogP contribution in [0.5, 0.6) is 5.75 Å². The van der Waals surface area contributed by atoms with Gasteiger partial charge in [-0.05, 0) is 37.1 Å². The number of aliphatic hydroxyl groups excluding tert-OH is 1. The molecular weight excluding hydrogens is 252 g/mol. The second kappa shape index (κ2) is 7.07. The van der Waals surface area contributed by atoms with Crippen LogP contribution in [0.25, 0.3) is 0 Å². The average molecular weight is 280 g/mol. The molecule has 1 saturated heterocycles. The maximum atomic E-state index is 10.1. The second-order valence-corrected chi connectivity index (χ2v) is 6.12. The van der Waals surface area contributed by atoms with Crippen LogP contribution in [-0.4, -0.2) is 57.6 Å². The fraction of sp³-hybridized carbons (Fsp3) is 0.625. The predicted octanol–water partition coefficient (Wildman–Crippen LogP) is -1.54. The Bertz CT molecular complexity index is 428. The molecule has 0 bridgehead atoms. The van der Waals surface area contributed by atoms with Gasteiger partial charge < -0.3 is 19.6 Å². The molecule has 1 aromatic rings. The van der Waals surface area contributed by atoms with E-state index >= 15 is 0 Å². The first kappa shape index (κ1) is 15.3. The molecule has 0 aromatic heterocycles. The highest BCUT2D eigenvalue weighted by Gasteiger charge is 2.22. The van der Waals surface area contributed by atoms with E-state index in [0.29, 0.717) is 6.61 Å². The quantitative estimate of drug-likeness (QED) is 0.611. The first-order valence-electron chi connectivity index (χ1n) is 7.57. The van der Waals surface area contributed by atoms with Gasteiger partial charge in [0.1, 0.15) is 51.2 Å². The molecule has 1 aromatic carbocycles. The maximum absolute atomic E-state index is 10.1. The maximum Gasteiger partial charge on any atom is 0.137 e. The van der Waals surface area contributed by atoms with Gasteiger partial charge in [-0.1, -0.05) is 6.07 Å². The Morgan fingerprint density at radius 3 is 2.50 bits per heavy atom. The average Bonchev–Trinajstić information content (AvgIpc) is 2.43. The molecule has 112 valence electrons. The van der Waals surface area contributed by atoms with Crippen molar-refractivity contribution >= 4 is 0 Å². The summed E-state index contributed by atoms with van der Waals surface area (Å²) in [5.41, 5.74) is 2.49. The van der Waals surface area contributed by atoms with Crippen LogP contribution in [-0.2, 0) is 0 Å². The van der Waals surface area contributed by atoms with Crippen molar-refractivity contribution in [2.75, 3.05) is 46.4 Å². The molecular formula is C16H28N2O2+2. The zero-order valence-corrected chi connectivity index (χ0v) is 12.9. The number of quaternary nitrogens is 2. The number of aliphatic hydroxyl groups is 1. The molecule has 20 heavy (non-hydrogen) atoms. The van der Waals surface area contributed by atoms with Gasteiger partial charge in [0.05, 0.1) is 7.05 Å². The van der Waals surface area contributed by atoms with E-state index in [1.165, 1.54) is 29.1 Å². The van der Waals surface area contributed by atoms with Crippen LogP contribution in [0.3, 0.4) is 0 Å². The fourth-order valence-corrected chi connectivity index (χ4v) is 2.62. The number of ether oxygens (including phenoxy) is 1. The van der Waals surface area contributed by atoms with Crippen LogP contribution < -0.4 is 14.5 Å². The van der Waals surface area contributed by atoms with E-state index in [2.05, 4.69) is 27.0 Å². The van der Waals surface area contributed by atoms with Gasteiger partial charge in [-0.15, -0.1) is 0 Å². The van der Waals surface area contributed by atoms with Crippen molar-refractivity contribution in [3.63, 3.8) is 0 Å². The van der Waals surface area contributed by atoms with Gasteiger partial charge in [0.15, 0.2) is 0 Å². The Kier molecular flexibility index (Phi) is 5.40. The Labute approximate surface area is 122 Å². The molecule has 0 spiro atoms. The summed E-state index contributed by atoms with van der Waals surface area (Å²) in [6.07, 6.45) is -0.384. The molecule has 4 heteroatoms. The highest BCUT2D eigenvalue weighted by Crippen LogP contribution is 2.16. The lowest BCUT2D eigenvalue weighted by Crippen LogP contribution is -3.27. The highest BCUT2D eigenvalue weighted by molar-refractivity contribution is 5.33. The molecule has 0 saturated carbocycles. The molecule has 1 fully saturated rings. The minimum atomic E-state index is -0.384. The molecule has 0 aliphatic carbocycles. The molecule has 0 amide bonds. The van der Waals surface area contributed by atoms with Crippen molar-refractivity contribution in [2.24, 2.45) is 0 Å². The van der Waals surface area contributed by atoms with Crippen LogP contribution >= 0.6 is 0 Å². The van der Waals surface area contributed by atoms with Crippen LogP contribution in [0.15, 0.2) is 18.2 Å². The normalized spacial score (nSPS) is 24.4. The van der Waals surface area contributed by atoms with E-state index in [1.54, 1.807) is 4.90 Å². The third kappa shape index (κ3) is 4.47. The van der Waals surface area contributed by atoms with E-state index < -0.39 is 0 Å². The van der Waals surface area contributed by atoms with E-state index in [0.717, 1.165) is 25.4 Å². The summed E-state index contributed by atoms with van der Waals surface area (Å²) in [6, 6.07) is 6.07. The van der Waals surface area contributed by atoms with Gasteiger partial charge in [0.2, 0.25) is 0 Å². The lowest BCUT2D eigenvalue weighted by atomic mass is 10.1. The number of piperazine rings is 1. The Morgan fingerprint density at radius 1 is 1.15 bits per heavy atom. The summed E-state index contributed by atoms with van der Waals surface area (Å²) in [6.45, 7) is 10.0. The number of hydrogen-bond acceptors (Lipinski definition) is 2. The summed E-state index contributed by atoms with van der Waals surface area (Å²) in [5.74, 6) is 0.852. The number of nitrogens with one attached hydrogen (secondary N) is 2. The largest absolute Gasteiger partial charge is 0.491 e. The first-order chi connectivity index (χ1) is 9.54. The van der Waals surface area contributed by atoms with Crippen LogP contribution in [0.1, 0.15) is 11.1 Å². The summed E-state index contributed by atoms with van der Waals surface area (Å²) in [7, 11) is 2.23. The van der Waals surface area contributed by atoms with Gasteiger partial charge in [-0.3, -0.25) is 0 Å². The predicted molar refractivity (Wildman–Crippen MR) is 79.6 cm³/mol. The minimum absolute atomic E-state index is 0.384. The SMILES string of the molecule is Cc1ccc(OC[C@H](O)C[NH+]2CC[NH+](C)CC2)cc1C. The summed E-state index contributed by atoms with van der Waals surface area (Å²) in [4.78, 5) is 3.08. The van der Waals surface area contributed by atoms with Crippen molar-refractivity contribution in [2.45, 2.75) is 20.0 Å². The monoisotopic (exact) mass is 280 g/mol. The first-order valence-corrected chi connectivity index (χ1v) is 7.57. The summed E-state index contributed by atoms with van der Waals surface area (Å²) in [5, 5.41) is 10.1. The molecule has 1 aliphatic rings. The van der Waals surface area contributed by atoms with Gasteiger partial charge in [-0.25, -0.2) is 0 Å². The smallest absolute Gasteiger partial charge is 0.137 e. The fourth-order valence-electron chi connectivity index (χ4n) is 2.62. The van der Waals surface area contributed by atoms with Crippen molar-refractivity contribution in [1.82, 2.24) is 0 Å². The molecule has 0 radical (unpaired) electrons. The van der Waals surface area contributed by atoms with E-state index in [4.69, 9.17) is 4.74 Å². The van der Waals surface area contributed by atoms with Crippen molar-refractivity contribution in [3.05, 3.63) is 29.3 Å². The number of rotatable bonds is 5. The van der Waals surface area contributed by atoms with Gasteiger partial charge in [0, 0.05) is 0 Å². The molecule has 3 N–H and O–H groups in total. The number of benzene rings is 1. The third-order valence-electron chi connectivity index (χ3n) is 4.26. The van der Waals surface area contributed by atoms with Crippen molar-refractivity contribution in [1.29, 1.82) is 0 Å². The molecule has 0 unspecified atom stereocenters. The van der Waals surface area contributed by atoms with E-state index in [-0.39, 0.29) is 6.10 Å². The number of aryl methyl sites for hydroxylation is 2. The van der Waals surface area contributed by atoms with Gasteiger partial charge >= 0.3 is 0 Å². The highest BCUT2D eigenvalue weighted by atomic mass is 16.5. The molecule has 2 rings (SSSR count). The van der Waals surface area contributed by atoms with Crippen molar-refractivity contribution < 1.29 is 19.6 Å². The number of likely N-dealkylation sites (N-methyl/N-ethyl adjacent to an activating group) is 1. The summed E-state index contributed by atoms with van der Waals surface area (Å²) >= 11 is 0. The Hall–Kier alpha value is -1.10. The zero-order valence-electron chi connectivity index (χ0n) is 12.9. The molecule has 1 heterocycles. The lowest BCUT2D eigenvalue weighted by molar-refractivity contribution is -1.00. The molecule has 1 aliphatic heterocycles. The standard InChI is InChI=1S/C16H26N2O2/c1-13-4-5-16(10-14(13)2)20-12-15(19)11-18-8-6-17(3)7-9-18/h4-5,10,15,19H,6-9,11-12H2,1-3H3/p+2/t15-/m1/s1. The van der Waals surface area contributed by atoms with Gasteiger partial charge in [-0.2, -0.15) is 0 Å². The topological polar surface area (TPSA) is 38.3 Å². The number of hydrogen-bond donors (Lipinski definition) is 3. The Morgan fingerprint density at radius 2 is 1.85 bits per heavy atom. The van der Waals surface area contributed by atoms with Gasteiger partial charge in [0.25, 0.3) is 0 Å². The second-order valence-electron chi connectivity index (χ2n) is 6.12. The van der Waals surface area contributed by atoms with Crippen molar-refractivity contribution in [3.8, 4) is 5.75 Å². The minimum Gasteiger partial charge on any atom is -0.491 e. The van der Waals surface area contributed by atoms with E-state index in [1.807, 2.05) is 12.1 Å². The van der Waals surface area contributed by atoms with Crippen LogP contribution in [0, 0.1) is 13.8 Å². The zero-order chi connectivity index (χ0) is 14.5. The summed E-state index contributed by atoms with van der Waals surface area (Å²) < 4.78 is 5.70. The van der Waals surface area contributed by atoms with Crippen LogP contribution in [0.4, 0.5) is 0 Å². The third-order valence-corrected chi connectivity index (χ3v) is 4.26. The Balaban J connectivity index is 1.74.